The number of hydrogen-bond acceptors (Lipinski definition) is 3. The summed E-state index contributed by atoms with van der Waals surface area (Å²) in [6.07, 6.45) is 1.74. The molecule has 1 N–H and O–H groups in total. The molecule has 0 bridgehead atoms. The van der Waals surface area contributed by atoms with E-state index in [0.29, 0.717) is 23.0 Å². The van der Waals surface area contributed by atoms with Crippen LogP contribution in [0.15, 0.2) is 30.9 Å². The second kappa shape index (κ2) is 7.03. The minimum absolute atomic E-state index is 0.125. The molecule has 98 valence electrons. The lowest BCUT2D eigenvalue weighted by atomic mass is 10.3. The molecule has 5 heteroatoms. The number of halogens is 1. The zero-order valence-electron chi connectivity index (χ0n) is 10.6. The Morgan fingerprint density at radius 3 is 2.94 bits per heavy atom. The van der Waals surface area contributed by atoms with Gasteiger partial charge in [0.15, 0.2) is 0 Å². The monoisotopic (exact) mass is 268 g/mol. The Hall–Kier alpha value is -1.52. The highest BCUT2D eigenvalue weighted by Gasteiger charge is 2.09. The number of methoxy groups -OCH3 is 1. The Balaban J connectivity index is 2.69. The maximum atomic E-state index is 11.8. The van der Waals surface area contributed by atoms with Crippen molar-refractivity contribution >= 4 is 23.2 Å². The molecule has 0 atom stereocenters. The molecule has 1 aromatic carbocycles. The van der Waals surface area contributed by atoms with Gasteiger partial charge < -0.3 is 10.1 Å². The summed E-state index contributed by atoms with van der Waals surface area (Å²) in [6.45, 7) is 4.55. The Labute approximate surface area is 112 Å². The lowest BCUT2D eigenvalue weighted by Gasteiger charge is -2.15. The summed E-state index contributed by atoms with van der Waals surface area (Å²) >= 11 is 5.88. The molecule has 0 aromatic heterocycles. The Morgan fingerprint density at radius 1 is 1.61 bits per heavy atom. The van der Waals surface area contributed by atoms with Crippen molar-refractivity contribution < 1.29 is 9.53 Å². The first-order valence-electron chi connectivity index (χ1n) is 5.49. The zero-order valence-corrected chi connectivity index (χ0v) is 11.3. The number of nitrogens with zero attached hydrogens (tertiary/aromatic N) is 1. The van der Waals surface area contributed by atoms with Crippen molar-refractivity contribution in [1.29, 1.82) is 0 Å². The van der Waals surface area contributed by atoms with Crippen LogP contribution in [0, 0.1) is 0 Å². The third-order valence-corrected chi connectivity index (χ3v) is 2.53. The summed E-state index contributed by atoms with van der Waals surface area (Å²) in [5, 5.41) is 3.31. The summed E-state index contributed by atoms with van der Waals surface area (Å²) in [5.41, 5.74) is 0.571. The van der Waals surface area contributed by atoms with Crippen LogP contribution in [-0.2, 0) is 4.79 Å². The number of anilines is 1. The summed E-state index contributed by atoms with van der Waals surface area (Å²) < 4.78 is 5.15. The summed E-state index contributed by atoms with van der Waals surface area (Å²) in [7, 11) is 3.39. The van der Waals surface area contributed by atoms with Crippen LogP contribution in [0.1, 0.15) is 0 Å². The average Bonchev–Trinajstić information content (AvgIpc) is 2.29. The molecule has 0 saturated carbocycles. The fourth-order valence-electron chi connectivity index (χ4n) is 1.50. The molecule has 0 radical (unpaired) electrons. The first kappa shape index (κ1) is 14.5. The molecule has 0 spiro atoms. The van der Waals surface area contributed by atoms with Gasteiger partial charge in [-0.1, -0.05) is 17.7 Å². The van der Waals surface area contributed by atoms with Crippen molar-refractivity contribution in [3.05, 3.63) is 35.9 Å². The molecular formula is C13H17ClN2O2. The number of ether oxygens (including phenoxy) is 1. The lowest BCUT2D eigenvalue weighted by molar-refractivity contribution is -0.116. The molecule has 0 aliphatic rings. The number of carbonyl (C=O) groups excluding carboxylic acids is 1. The van der Waals surface area contributed by atoms with E-state index in [9.17, 15) is 4.79 Å². The molecule has 0 aliphatic carbocycles. The molecule has 1 rings (SSSR count). The highest BCUT2D eigenvalue weighted by Crippen LogP contribution is 2.27. The van der Waals surface area contributed by atoms with E-state index < -0.39 is 0 Å². The van der Waals surface area contributed by atoms with Crippen molar-refractivity contribution in [2.24, 2.45) is 0 Å². The van der Waals surface area contributed by atoms with Crippen LogP contribution < -0.4 is 10.1 Å². The third-order valence-electron chi connectivity index (χ3n) is 2.29. The van der Waals surface area contributed by atoms with Crippen LogP contribution in [0.2, 0.25) is 5.02 Å². The number of amides is 1. The maximum absolute atomic E-state index is 11.8. The first-order valence-corrected chi connectivity index (χ1v) is 5.87. The van der Waals surface area contributed by atoms with Crippen LogP contribution in [-0.4, -0.2) is 38.1 Å². The second-order valence-electron chi connectivity index (χ2n) is 3.88. The third kappa shape index (κ3) is 4.39. The van der Waals surface area contributed by atoms with Gasteiger partial charge in [-0.2, -0.15) is 0 Å². The van der Waals surface area contributed by atoms with Crippen molar-refractivity contribution in [1.82, 2.24) is 4.90 Å². The molecular weight excluding hydrogens is 252 g/mol. The van der Waals surface area contributed by atoms with Crippen LogP contribution in [0.5, 0.6) is 5.75 Å². The van der Waals surface area contributed by atoms with Gasteiger partial charge in [-0.3, -0.25) is 9.69 Å². The lowest BCUT2D eigenvalue weighted by Crippen LogP contribution is -2.30. The number of rotatable bonds is 6. The van der Waals surface area contributed by atoms with Gasteiger partial charge in [0.2, 0.25) is 5.91 Å². The van der Waals surface area contributed by atoms with Crippen molar-refractivity contribution in [3.63, 3.8) is 0 Å². The van der Waals surface area contributed by atoms with Gasteiger partial charge in [-0.05, 0) is 25.2 Å². The maximum Gasteiger partial charge on any atom is 0.238 e. The van der Waals surface area contributed by atoms with E-state index in [1.54, 1.807) is 31.4 Å². The Morgan fingerprint density at radius 2 is 2.33 bits per heavy atom. The van der Waals surface area contributed by atoms with Crippen LogP contribution in [0.3, 0.4) is 0 Å². The molecule has 0 aliphatic heterocycles. The molecule has 1 amide bonds. The average molecular weight is 269 g/mol. The molecule has 0 heterocycles. The van der Waals surface area contributed by atoms with Crippen molar-refractivity contribution in [2.75, 3.05) is 32.6 Å². The molecule has 1 aromatic rings. The summed E-state index contributed by atoms with van der Waals surface area (Å²) in [4.78, 5) is 13.6. The Bertz CT molecular complexity index is 435. The van der Waals surface area contributed by atoms with Crippen molar-refractivity contribution in [3.8, 4) is 5.75 Å². The van der Waals surface area contributed by atoms with E-state index in [1.807, 2.05) is 11.9 Å². The van der Waals surface area contributed by atoms with Gasteiger partial charge in [0.05, 0.1) is 19.3 Å². The summed E-state index contributed by atoms with van der Waals surface area (Å²) in [5.74, 6) is 0.457. The van der Waals surface area contributed by atoms with Gasteiger partial charge in [-0.25, -0.2) is 0 Å². The minimum atomic E-state index is -0.125. The van der Waals surface area contributed by atoms with Gasteiger partial charge in [0.25, 0.3) is 0 Å². The standard InChI is InChI=1S/C13H17ClN2O2/c1-4-7-16(2)9-13(17)15-11-8-10(14)5-6-12(11)18-3/h4-6,8H,1,7,9H2,2-3H3,(H,15,17). The number of hydrogen-bond donors (Lipinski definition) is 1. The van der Waals surface area contributed by atoms with E-state index in [1.165, 1.54) is 0 Å². The van der Waals surface area contributed by atoms with E-state index in [2.05, 4.69) is 11.9 Å². The van der Waals surface area contributed by atoms with Gasteiger partial charge >= 0.3 is 0 Å². The first-order chi connectivity index (χ1) is 8.56. The normalized spacial score (nSPS) is 10.2. The van der Waals surface area contributed by atoms with E-state index >= 15 is 0 Å². The van der Waals surface area contributed by atoms with Gasteiger partial charge in [0, 0.05) is 11.6 Å². The molecule has 0 saturated heterocycles. The molecule has 4 nitrogen and oxygen atoms in total. The van der Waals surface area contributed by atoms with Gasteiger partial charge in [-0.15, -0.1) is 6.58 Å². The zero-order chi connectivity index (χ0) is 13.5. The van der Waals surface area contributed by atoms with Crippen LogP contribution >= 0.6 is 11.6 Å². The number of benzene rings is 1. The van der Waals surface area contributed by atoms with Crippen molar-refractivity contribution in [2.45, 2.75) is 0 Å². The molecule has 0 unspecified atom stereocenters. The largest absolute Gasteiger partial charge is 0.495 e. The molecule has 18 heavy (non-hydrogen) atoms. The fraction of sp³-hybridized carbons (Fsp3) is 0.308. The van der Waals surface area contributed by atoms with E-state index in [4.69, 9.17) is 16.3 Å². The predicted molar refractivity (Wildman–Crippen MR) is 74.3 cm³/mol. The molecule has 0 fully saturated rings. The quantitative estimate of drug-likeness (QED) is 0.806. The number of carbonyl (C=O) groups is 1. The second-order valence-corrected chi connectivity index (χ2v) is 4.31. The summed E-state index contributed by atoms with van der Waals surface area (Å²) in [6, 6.07) is 5.08. The fourth-order valence-corrected chi connectivity index (χ4v) is 1.67. The van der Waals surface area contributed by atoms with E-state index in [-0.39, 0.29) is 12.5 Å². The SMILES string of the molecule is C=CCN(C)CC(=O)Nc1cc(Cl)ccc1OC. The van der Waals surface area contributed by atoms with Gasteiger partial charge in [0.1, 0.15) is 5.75 Å². The van der Waals surface area contributed by atoms with Crippen LogP contribution in [0.25, 0.3) is 0 Å². The topological polar surface area (TPSA) is 41.6 Å². The van der Waals surface area contributed by atoms with E-state index in [0.717, 1.165) is 0 Å². The van der Waals surface area contributed by atoms with Crippen LogP contribution in [0.4, 0.5) is 5.69 Å². The Kier molecular flexibility index (Phi) is 5.68. The smallest absolute Gasteiger partial charge is 0.238 e. The number of likely N-dealkylation sites (N-methyl/N-ethyl adjacent to an activating group) is 1. The predicted octanol–water partition coefficient (Wildman–Crippen LogP) is 2.40. The number of nitrogens with one attached hydrogen (secondary N) is 1. The highest BCUT2D eigenvalue weighted by molar-refractivity contribution is 6.31. The highest BCUT2D eigenvalue weighted by atomic mass is 35.5. The minimum Gasteiger partial charge on any atom is -0.495 e.